The fourth-order valence-electron chi connectivity index (χ4n) is 2.98. The summed E-state index contributed by atoms with van der Waals surface area (Å²) in [4.78, 5) is 28.0. The Balaban J connectivity index is 2.07. The van der Waals surface area contributed by atoms with E-state index in [1.807, 2.05) is 49.4 Å². The van der Waals surface area contributed by atoms with E-state index in [0.29, 0.717) is 11.8 Å². The van der Waals surface area contributed by atoms with Gasteiger partial charge >= 0.3 is 6.09 Å². The van der Waals surface area contributed by atoms with Gasteiger partial charge in [0.05, 0.1) is 6.54 Å². The molecule has 0 saturated carbocycles. The van der Waals surface area contributed by atoms with Crippen molar-refractivity contribution in [1.29, 1.82) is 0 Å². The minimum atomic E-state index is -1.14. The molecular formula is C19H17BrN2O3. The highest BCUT2D eigenvalue weighted by molar-refractivity contribution is 9.10. The molecule has 25 heavy (non-hydrogen) atoms. The van der Waals surface area contributed by atoms with E-state index in [1.165, 1.54) is 0 Å². The van der Waals surface area contributed by atoms with E-state index in [-0.39, 0.29) is 6.54 Å². The third kappa shape index (κ3) is 3.30. The fourth-order valence-corrected chi connectivity index (χ4v) is 3.54. The summed E-state index contributed by atoms with van der Waals surface area (Å²) in [5, 5.41) is 10.5. The molecule has 3 aromatic rings. The molecule has 0 fully saturated rings. The third-order valence-corrected chi connectivity index (χ3v) is 4.91. The molecule has 0 aliphatic heterocycles. The Bertz CT molecular complexity index is 921. The Morgan fingerprint density at radius 1 is 1.28 bits per heavy atom. The van der Waals surface area contributed by atoms with Gasteiger partial charge in [-0.3, -0.25) is 4.90 Å². The van der Waals surface area contributed by atoms with Crippen LogP contribution in [-0.2, 0) is 11.3 Å². The molecule has 3 rings (SSSR count). The summed E-state index contributed by atoms with van der Waals surface area (Å²) in [6.45, 7) is 2.10. The molecule has 2 aromatic carbocycles. The van der Waals surface area contributed by atoms with Gasteiger partial charge in [-0.25, -0.2) is 4.79 Å². The molecular weight excluding hydrogens is 384 g/mol. The van der Waals surface area contributed by atoms with Crippen molar-refractivity contribution >= 4 is 39.2 Å². The van der Waals surface area contributed by atoms with Crippen LogP contribution >= 0.6 is 15.9 Å². The van der Waals surface area contributed by atoms with Gasteiger partial charge in [-0.2, -0.15) is 0 Å². The number of H-pyrrole nitrogens is 1. The summed E-state index contributed by atoms with van der Waals surface area (Å²) in [7, 11) is 0. The lowest BCUT2D eigenvalue weighted by Gasteiger charge is -2.25. The average Bonchev–Trinajstić information content (AvgIpc) is 3.05. The van der Waals surface area contributed by atoms with E-state index in [4.69, 9.17) is 0 Å². The van der Waals surface area contributed by atoms with Crippen LogP contribution in [0.25, 0.3) is 10.9 Å². The van der Waals surface area contributed by atoms with Crippen molar-refractivity contribution < 1.29 is 14.7 Å². The van der Waals surface area contributed by atoms with Gasteiger partial charge in [0.15, 0.2) is 0 Å². The number of hydrogen-bond donors (Lipinski definition) is 2. The number of aryl methyl sites for hydroxylation is 1. The molecule has 0 radical (unpaired) electrons. The number of carboxylic acid groups (broad SMARTS) is 1. The van der Waals surface area contributed by atoms with Crippen molar-refractivity contribution in [3.05, 3.63) is 69.8 Å². The van der Waals surface area contributed by atoms with Gasteiger partial charge in [0.2, 0.25) is 0 Å². The second-order valence-electron chi connectivity index (χ2n) is 5.84. The number of hydrogen-bond acceptors (Lipinski definition) is 2. The number of amides is 1. The number of aromatic nitrogens is 1. The Hall–Kier alpha value is -2.60. The topological polar surface area (TPSA) is 73.4 Å². The standard InChI is InChI=1S/C19H17BrN2O3/c1-12-7-8-15(20)17-14(9-21-18(12)17)16(11-23)22(19(24)25)10-13-5-3-2-4-6-13/h2-9,11,16,21H,10H2,1H3,(H,24,25). The molecule has 0 aliphatic rings. The number of halogens is 1. The van der Waals surface area contributed by atoms with Crippen molar-refractivity contribution in [2.75, 3.05) is 0 Å². The molecule has 1 heterocycles. The van der Waals surface area contributed by atoms with Gasteiger partial charge in [0, 0.05) is 27.1 Å². The van der Waals surface area contributed by atoms with Crippen LogP contribution in [-0.4, -0.2) is 27.4 Å². The maximum absolute atomic E-state index is 11.8. The third-order valence-electron chi connectivity index (χ3n) is 4.25. The lowest BCUT2D eigenvalue weighted by molar-refractivity contribution is -0.112. The zero-order valence-corrected chi connectivity index (χ0v) is 15.2. The maximum atomic E-state index is 11.8. The number of aldehydes is 1. The van der Waals surface area contributed by atoms with Crippen LogP contribution in [0.1, 0.15) is 22.7 Å². The van der Waals surface area contributed by atoms with Gasteiger partial charge in [0.1, 0.15) is 12.3 Å². The molecule has 1 unspecified atom stereocenters. The lowest BCUT2D eigenvalue weighted by atomic mass is 10.0. The molecule has 128 valence electrons. The van der Waals surface area contributed by atoms with E-state index in [9.17, 15) is 14.7 Å². The number of rotatable bonds is 5. The summed E-state index contributed by atoms with van der Waals surface area (Å²) in [5.41, 5.74) is 3.38. The summed E-state index contributed by atoms with van der Waals surface area (Å²) >= 11 is 3.51. The van der Waals surface area contributed by atoms with Crippen LogP contribution < -0.4 is 0 Å². The lowest BCUT2D eigenvalue weighted by Crippen LogP contribution is -2.34. The first-order valence-corrected chi connectivity index (χ1v) is 8.57. The van der Waals surface area contributed by atoms with Gasteiger partial charge < -0.3 is 14.9 Å². The van der Waals surface area contributed by atoms with E-state index in [1.54, 1.807) is 6.20 Å². The monoisotopic (exact) mass is 400 g/mol. The number of fused-ring (bicyclic) bond motifs is 1. The molecule has 1 aromatic heterocycles. The van der Waals surface area contributed by atoms with E-state index in [2.05, 4.69) is 20.9 Å². The van der Waals surface area contributed by atoms with Crippen LogP contribution in [0, 0.1) is 6.92 Å². The minimum absolute atomic E-state index is 0.135. The molecule has 0 spiro atoms. The minimum Gasteiger partial charge on any atom is -0.465 e. The molecule has 0 saturated heterocycles. The highest BCUT2D eigenvalue weighted by Gasteiger charge is 2.28. The van der Waals surface area contributed by atoms with E-state index < -0.39 is 12.1 Å². The van der Waals surface area contributed by atoms with Crippen LogP contribution in [0.4, 0.5) is 4.79 Å². The van der Waals surface area contributed by atoms with Crippen LogP contribution in [0.5, 0.6) is 0 Å². The molecule has 2 N–H and O–H groups in total. The number of aromatic amines is 1. The predicted octanol–water partition coefficient (Wildman–Crippen LogP) is 4.66. The number of carbonyl (C=O) groups is 2. The number of nitrogens with zero attached hydrogens (tertiary/aromatic N) is 1. The molecule has 1 amide bonds. The quantitative estimate of drug-likeness (QED) is 0.611. The maximum Gasteiger partial charge on any atom is 0.408 e. The van der Waals surface area contributed by atoms with Crippen LogP contribution in [0.3, 0.4) is 0 Å². The Labute approximate surface area is 153 Å². The first kappa shape index (κ1) is 17.2. The average molecular weight is 401 g/mol. The number of benzene rings is 2. The van der Waals surface area contributed by atoms with Crippen LogP contribution in [0.2, 0.25) is 0 Å². The Kier molecular flexibility index (Phi) is 4.90. The molecule has 0 bridgehead atoms. The van der Waals surface area contributed by atoms with Gasteiger partial charge in [-0.15, -0.1) is 0 Å². The zero-order valence-electron chi connectivity index (χ0n) is 13.6. The highest BCUT2D eigenvalue weighted by Crippen LogP contribution is 2.34. The van der Waals surface area contributed by atoms with Crippen molar-refractivity contribution in [3.63, 3.8) is 0 Å². The molecule has 0 aliphatic carbocycles. The molecule has 6 heteroatoms. The first-order chi connectivity index (χ1) is 12.0. The Morgan fingerprint density at radius 3 is 2.64 bits per heavy atom. The van der Waals surface area contributed by atoms with Crippen LogP contribution in [0.15, 0.2) is 53.1 Å². The largest absolute Gasteiger partial charge is 0.465 e. The number of nitrogens with one attached hydrogen (secondary N) is 1. The van der Waals surface area contributed by atoms with Gasteiger partial charge in [-0.05, 0) is 24.1 Å². The van der Waals surface area contributed by atoms with Crippen molar-refractivity contribution in [2.45, 2.75) is 19.5 Å². The Morgan fingerprint density at radius 2 is 2.00 bits per heavy atom. The summed E-state index contributed by atoms with van der Waals surface area (Å²) in [5.74, 6) is 0. The van der Waals surface area contributed by atoms with Crippen molar-refractivity contribution in [2.24, 2.45) is 0 Å². The summed E-state index contributed by atoms with van der Waals surface area (Å²) in [6.07, 6.45) is 1.25. The summed E-state index contributed by atoms with van der Waals surface area (Å²) < 4.78 is 0.821. The molecule has 1 atom stereocenters. The SMILES string of the molecule is Cc1ccc(Br)c2c(C(C=O)N(Cc3ccccc3)C(=O)O)c[nH]c12. The predicted molar refractivity (Wildman–Crippen MR) is 99.6 cm³/mol. The summed E-state index contributed by atoms with van der Waals surface area (Å²) in [6, 6.07) is 12.2. The first-order valence-electron chi connectivity index (χ1n) is 7.77. The van der Waals surface area contributed by atoms with E-state index >= 15 is 0 Å². The van der Waals surface area contributed by atoms with Gasteiger partial charge in [-0.1, -0.05) is 52.3 Å². The second kappa shape index (κ2) is 7.11. The zero-order chi connectivity index (χ0) is 18.0. The van der Waals surface area contributed by atoms with E-state index in [0.717, 1.165) is 31.4 Å². The van der Waals surface area contributed by atoms with Gasteiger partial charge in [0.25, 0.3) is 0 Å². The van der Waals surface area contributed by atoms with Crippen molar-refractivity contribution in [1.82, 2.24) is 9.88 Å². The highest BCUT2D eigenvalue weighted by atomic mass is 79.9. The van der Waals surface area contributed by atoms with Crippen molar-refractivity contribution in [3.8, 4) is 0 Å². The number of carbonyl (C=O) groups excluding carboxylic acids is 1. The second-order valence-corrected chi connectivity index (χ2v) is 6.69. The normalized spacial score (nSPS) is 12.1. The fraction of sp³-hybridized carbons (Fsp3) is 0.158. The smallest absolute Gasteiger partial charge is 0.408 e. The molecule has 5 nitrogen and oxygen atoms in total.